The lowest BCUT2D eigenvalue weighted by Gasteiger charge is -2.10. The molecule has 1 heterocycles. The van der Waals surface area contributed by atoms with Gasteiger partial charge in [0.15, 0.2) is 0 Å². The molecule has 2 rings (SSSR count). The van der Waals surface area contributed by atoms with Gasteiger partial charge in [0.05, 0.1) is 5.52 Å². The quantitative estimate of drug-likeness (QED) is 0.800. The van der Waals surface area contributed by atoms with Crippen molar-refractivity contribution in [1.29, 1.82) is 0 Å². The van der Waals surface area contributed by atoms with Crippen LogP contribution in [0.5, 0.6) is 5.75 Å². The second kappa shape index (κ2) is 4.48. The highest BCUT2D eigenvalue weighted by Gasteiger charge is 2.31. The van der Waals surface area contributed by atoms with E-state index in [9.17, 15) is 13.2 Å². The molecule has 0 saturated heterocycles. The summed E-state index contributed by atoms with van der Waals surface area (Å²) in [7, 11) is 0. The van der Waals surface area contributed by atoms with Crippen LogP contribution in [0.4, 0.5) is 13.2 Å². The summed E-state index contributed by atoms with van der Waals surface area (Å²) in [6.07, 6.45) is -3.00. The number of nitrogens with zero attached hydrogens (tertiary/aromatic N) is 1. The Morgan fingerprint density at radius 2 is 1.89 bits per heavy atom. The van der Waals surface area contributed by atoms with Gasteiger partial charge >= 0.3 is 6.36 Å². The van der Waals surface area contributed by atoms with E-state index in [1.54, 1.807) is 12.3 Å². The zero-order chi connectivity index (χ0) is 13.3. The van der Waals surface area contributed by atoms with E-state index in [1.165, 1.54) is 12.1 Å². The highest BCUT2D eigenvalue weighted by molar-refractivity contribution is 5.80. The lowest BCUT2D eigenvalue weighted by molar-refractivity contribution is -0.274. The molecule has 0 radical (unpaired) electrons. The van der Waals surface area contributed by atoms with Crippen LogP contribution in [-0.2, 0) is 0 Å². The number of benzene rings is 1. The van der Waals surface area contributed by atoms with Crippen LogP contribution in [0.1, 0.15) is 25.3 Å². The predicted octanol–water partition coefficient (Wildman–Crippen LogP) is 4.26. The molecule has 0 aliphatic carbocycles. The molecule has 0 aliphatic rings. The smallest absolute Gasteiger partial charge is 0.406 e. The first-order chi connectivity index (χ1) is 8.35. The van der Waals surface area contributed by atoms with E-state index in [4.69, 9.17) is 0 Å². The van der Waals surface area contributed by atoms with Crippen molar-refractivity contribution in [2.45, 2.75) is 26.1 Å². The molecule has 2 aromatic rings. The Balaban J connectivity index is 2.38. The zero-order valence-corrected chi connectivity index (χ0v) is 9.95. The maximum absolute atomic E-state index is 12.1. The number of ether oxygens (including phenoxy) is 1. The molecule has 0 atom stereocenters. The highest BCUT2D eigenvalue weighted by atomic mass is 19.4. The van der Waals surface area contributed by atoms with Crippen molar-refractivity contribution in [1.82, 2.24) is 4.98 Å². The minimum Gasteiger partial charge on any atom is -0.406 e. The van der Waals surface area contributed by atoms with E-state index in [2.05, 4.69) is 9.72 Å². The Hall–Kier alpha value is -1.78. The number of alkyl halides is 3. The molecule has 0 unspecified atom stereocenters. The van der Waals surface area contributed by atoms with E-state index in [0.717, 1.165) is 10.9 Å². The molecule has 0 bridgehead atoms. The van der Waals surface area contributed by atoms with E-state index >= 15 is 0 Å². The van der Waals surface area contributed by atoms with Crippen molar-refractivity contribution in [3.05, 3.63) is 36.0 Å². The summed E-state index contributed by atoms with van der Waals surface area (Å²) in [5, 5.41) is 0.802. The maximum Gasteiger partial charge on any atom is 0.573 e. The predicted molar refractivity (Wildman–Crippen MR) is 62.5 cm³/mol. The van der Waals surface area contributed by atoms with Crippen LogP contribution in [0.2, 0.25) is 0 Å². The average molecular weight is 255 g/mol. The standard InChI is InChI=1S/C13H12F3NO/c1-8(2)10-5-9-3-4-11(18-13(14,15)16)6-12(9)17-7-10/h3-8H,1-2H3. The fourth-order valence-electron chi connectivity index (χ4n) is 1.63. The van der Waals surface area contributed by atoms with Gasteiger partial charge in [-0.1, -0.05) is 13.8 Å². The molecular formula is C13H12F3NO. The summed E-state index contributed by atoms with van der Waals surface area (Å²) in [6.45, 7) is 4.06. The van der Waals surface area contributed by atoms with Crippen LogP contribution in [-0.4, -0.2) is 11.3 Å². The van der Waals surface area contributed by atoms with Gasteiger partial charge in [-0.3, -0.25) is 4.98 Å². The Kier molecular flexibility index (Phi) is 3.15. The van der Waals surface area contributed by atoms with Gasteiger partial charge in [-0.05, 0) is 29.7 Å². The summed E-state index contributed by atoms with van der Waals surface area (Å²) >= 11 is 0. The normalized spacial score (nSPS) is 12.1. The molecule has 0 spiro atoms. The Morgan fingerprint density at radius 1 is 1.17 bits per heavy atom. The first-order valence-electron chi connectivity index (χ1n) is 5.50. The number of rotatable bonds is 2. The van der Waals surface area contributed by atoms with E-state index in [0.29, 0.717) is 11.4 Å². The number of aromatic nitrogens is 1. The monoisotopic (exact) mass is 255 g/mol. The van der Waals surface area contributed by atoms with Crippen LogP contribution in [0.25, 0.3) is 10.9 Å². The van der Waals surface area contributed by atoms with Gasteiger partial charge in [-0.25, -0.2) is 0 Å². The fourth-order valence-corrected chi connectivity index (χ4v) is 1.63. The average Bonchev–Trinajstić information content (AvgIpc) is 2.26. The molecule has 1 aromatic carbocycles. The van der Waals surface area contributed by atoms with Crippen LogP contribution in [0, 0.1) is 0 Å². The van der Waals surface area contributed by atoms with Crippen molar-refractivity contribution in [2.75, 3.05) is 0 Å². The third-order valence-electron chi connectivity index (χ3n) is 2.58. The van der Waals surface area contributed by atoms with Gasteiger partial charge in [0.1, 0.15) is 5.75 Å². The molecule has 0 saturated carbocycles. The summed E-state index contributed by atoms with van der Waals surface area (Å²) in [5.74, 6) is 0.0767. The van der Waals surface area contributed by atoms with Crippen LogP contribution < -0.4 is 4.74 Å². The molecule has 18 heavy (non-hydrogen) atoms. The third-order valence-corrected chi connectivity index (χ3v) is 2.58. The minimum atomic E-state index is -4.68. The third kappa shape index (κ3) is 2.91. The Labute approximate surface area is 102 Å². The molecule has 96 valence electrons. The van der Waals surface area contributed by atoms with Gasteiger partial charge in [-0.2, -0.15) is 0 Å². The molecule has 5 heteroatoms. The number of fused-ring (bicyclic) bond motifs is 1. The number of halogens is 3. The topological polar surface area (TPSA) is 22.1 Å². The van der Waals surface area contributed by atoms with Gasteiger partial charge in [-0.15, -0.1) is 13.2 Å². The second-order valence-corrected chi connectivity index (χ2v) is 4.33. The first-order valence-corrected chi connectivity index (χ1v) is 5.50. The zero-order valence-electron chi connectivity index (χ0n) is 9.95. The summed E-state index contributed by atoms with van der Waals surface area (Å²) in [6, 6.07) is 6.08. The van der Waals surface area contributed by atoms with Crippen LogP contribution >= 0.6 is 0 Å². The number of hydrogen-bond acceptors (Lipinski definition) is 2. The Morgan fingerprint density at radius 3 is 2.50 bits per heavy atom. The van der Waals surface area contributed by atoms with E-state index in [1.807, 2.05) is 19.9 Å². The summed E-state index contributed by atoms with van der Waals surface area (Å²) in [4.78, 5) is 4.15. The lowest BCUT2D eigenvalue weighted by Crippen LogP contribution is -2.17. The van der Waals surface area contributed by atoms with Crippen LogP contribution in [0.3, 0.4) is 0 Å². The van der Waals surface area contributed by atoms with Crippen molar-refractivity contribution in [2.24, 2.45) is 0 Å². The lowest BCUT2D eigenvalue weighted by atomic mass is 10.0. The largest absolute Gasteiger partial charge is 0.573 e. The van der Waals surface area contributed by atoms with E-state index < -0.39 is 6.36 Å². The first kappa shape index (κ1) is 12.7. The SMILES string of the molecule is CC(C)c1cnc2cc(OC(F)(F)F)ccc2c1. The van der Waals surface area contributed by atoms with Crippen molar-refractivity contribution in [3.63, 3.8) is 0 Å². The number of hydrogen-bond donors (Lipinski definition) is 0. The molecule has 2 nitrogen and oxygen atoms in total. The van der Waals surface area contributed by atoms with Gasteiger partial charge in [0.25, 0.3) is 0 Å². The molecule has 0 N–H and O–H groups in total. The van der Waals surface area contributed by atoms with Crippen molar-refractivity contribution >= 4 is 10.9 Å². The maximum atomic E-state index is 12.1. The van der Waals surface area contributed by atoms with Crippen molar-refractivity contribution < 1.29 is 17.9 Å². The number of pyridine rings is 1. The molecule has 0 amide bonds. The van der Waals surface area contributed by atoms with E-state index in [-0.39, 0.29) is 5.75 Å². The molecule has 0 fully saturated rings. The fraction of sp³-hybridized carbons (Fsp3) is 0.308. The van der Waals surface area contributed by atoms with Crippen molar-refractivity contribution in [3.8, 4) is 5.75 Å². The highest BCUT2D eigenvalue weighted by Crippen LogP contribution is 2.27. The van der Waals surface area contributed by atoms with Crippen LogP contribution in [0.15, 0.2) is 30.5 Å². The second-order valence-electron chi connectivity index (χ2n) is 4.33. The van der Waals surface area contributed by atoms with Gasteiger partial charge in [0.2, 0.25) is 0 Å². The minimum absolute atomic E-state index is 0.250. The van der Waals surface area contributed by atoms with Gasteiger partial charge < -0.3 is 4.74 Å². The molecular weight excluding hydrogens is 243 g/mol. The summed E-state index contributed by atoms with van der Waals surface area (Å²) < 4.78 is 40.1. The Bertz CT molecular complexity index is 564. The van der Waals surface area contributed by atoms with Gasteiger partial charge in [0, 0.05) is 17.6 Å². The summed E-state index contributed by atoms with van der Waals surface area (Å²) in [5.41, 5.74) is 1.54. The molecule has 1 aromatic heterocycles. The molecule has 0 aliphatic heterocycles.